The van der Waals surface area contributed by atoms with Crippen molar-refractivity contribution in [2.24, 2.45) is 7.05 Å². The van der Waals surface area contributed by atoms with Gasteiger partial charge in [-0.3, -0.25) is 4.68 Å². The lowest BCUT2D eigenvalue weighted by Gasteiger charge is -2.10. The van der Waals surface area contributed by atoms with E-state index in [9.17, 15) is 0 Å². The van der Waals surface area contributed by atoms with E-state index >= 15 is 0 Å². The average molecular weight is 266 g/mol. The van der Waals surface area contributed by atoms with E-state index in [1.165, 1.54) is 0 Å². The Balaban J connectivity index is 2.08. The Morgan fingerprint density at radius 1 is 1.39 bits per heavy atom. The molecule has 0 atom stereocenters. The monoisotopic (exact) mass is 265 g/mol. The Morgan fingerprint density at radius 3 is 2.89 bits per heavy atom. The van der Waals surface area contributed by atoms with Gasteiger partial charge < -0.3 is 10.1 Å². The summed E-state index contributed by atoms with van der Waals surface area (Å²) in [6, 6.07) is 7.56. The molecule has 96 valence electrons. The van der Waals surface area contributed by atoms with Crippen molar-refractivity contribution in [2.45, 2.75) is 13.2 Å². The zero-order valence-corrected chi connectivity index (χ0v) is 11.2. The first-order valence-electron chi connectivity index (χ1n) is 5.73. The third kappa shape index (κ3) is 3.24. The molecule has 0 spiro atoms. The van der Waals surface area contributed by atoms with Crippen LogP contribution in [-0.2, 0) is 20.2 Å². The number of aromatic nitrogens is 2. The lowest BCUT2D eigenvalue weighted by Crippen LogP contribution is -2.08. The zero-order chi connectivity index (χ0) is 13.0. The van der Waals surface area contributed by atoms with Gasteiger partial charge in [-0.05, 0) is 31.3 Å². The predicted octanol–water partition coefficient (Wildman–Crippen LogP) is 2.37. The maximum Gasteiger partial charge on any atom is 0.132 e. The van der Waals surface area contributed by atoms with Crippen LogP contribution in [0, 0.1) is 0 Å². The Hall–Kier alpha value is -1.52. The van der Waals surface area contributed by atoms with E-state index in [0.29, 0.717) is 11.6 Å². The summed E-state index contributed by atoms with van der Waals surface area (Å²) in [5.41, 5.74) is 1.95. The molecule has 0 fully saturated rings. The molecule has 0 aliphatic rings. The molecule has 1 aromatic carbocycles. The van der Waals surface area contributed by atoms with E-state index in [0.717, 1.165) is 23.6 Å². The van der Waals surface area contributed by atoms with Crippen LogP contribution in [0.4, 0.5) is 0 Å². The van der Waals surface area contributed by atoms with Crippen molar-refractivity contribution in [3.63, 3.8) is 0 Å². The van der Waals surface area contributed by atoms with Crippen molar-refractivity contribution in [1.82, 2.24) is 15.1 Å². The van der Waals surface area contributed by atoms with Crippen LogP contribution in [0.1, 0.15) is 11.3 Å². The summed E-state index contributed by atoms with van der Waals surface area (Å²) in [7, 11) is 3.78. The van der Waals surface area contributed by atoms with Crippen LogP contribution in [0.15, 0.2) is 30.5 Å². The van der Waals surface area contributed by atoms with Crippen LogP contribution in [0.3, 0.4) is 0 Å². The Morgan fingerprint density at radius 2 is 2.22 bits per heavy atom. The minimum atomic E-state index is 0.458. The summed E-state index contributed by atoms with van der Waals surface area (Å²) in [4.78, 5) is 0. The Kier molecular flexibility index (Phi) is 4.23. The standard InChI is InChI=1S/C13H16ClN3O/c1-15-8-10-7-11(14)3-4-13(10)18-9-12-5-6-17(2)16-12/h3-7,15H,8-9H2,1-2H3. The molecule has 0 aliphatic carbocycles. The van der Waals surface area contributed by atoms with Gasteiger partial charge in [0.1, 0.15) is 12.4 Å². The highest BCUT2D eigenvalue weighted by Crippen LogP contribution is 2.23. The molecule has 18 heavy (non-hydrogen) atoms. The number of nitrogens with zero attached hydrogens (tertiary/aromatic N) is 2. The van der Waals surface area contributed by atoms with Gasteiger partial charge in [0, 0.05) is 30.4 Å². The van der Waals surface area contributed by atoms with Crippen molar-refractivity contribution in [3.05, 3.63) is 46.7 Å². The van der Waals surface area contributed by atoms with Crippen molar-refractivity contribution >= 4 is 11.6 Å². The number of hydrogen-bond donors (Lipinski definition) is 1. The molecule has 1 heterocycles. The topological polar surface area (TPSA) is 39.1 Å². The number of rotatable bonds is 5. The van der Waals surface area contributed by atoms with Crippen LogP contribution < -0.4 is 10.1 Å². The van der Waals surface area contributed by atoms with Gasteiger partial charge in [0.05, 0.1) is 5.69 Å². The van der Waals surface area contributed by atoms with Crippen LogP contribution in [0.5, 0.6) is 5.75 Å². The lowest BCUT2D eigenvalue weighted by molar-refractivity contribution is 0.296. The predicted molar refractivity (Wildman–Crippen MR) is 71.8 cm³/mol. The molecule has 0 bridgehead atoms. The molecular weight excluding hydrogens is 250 g/mol. The van der Waals surface area contributed by atoms with Gasteiger partial charge in [-0.1, -0.05) is 11.6 Å². The van der Waals surface area contributed by atoms with Gasteiger partial charge in [0.25, 0.3) is 0 Å². The molecule has 2 rings (SSSR count). The largest absolute Gasteiger partial charge is 0.487 e. The molecule has 1 N–H and O–H groups in total. The van der Waals surface area contributed by atoms with E-state index < -0.39 is 0 Å². The number of halogens is 1. The molecule has 0 unspecified atom stereocenters. The highest BCUT2D eigenvalue weighted by atomic mass is 35.5. The van der Waals surface area contributed by atoms with Gasteiger partial charge in [-0.2, -0.15) is 5.10 Å². The van der Waals surface area contributed by atoms with Gasteiger partial charge in [-0.15, -0.1) is 0 Å². The molecule has 0 aliphatic heterocycles. The Labute approximate surface area is 112 Å². The first-order chi connectivity index (χ1) is 8.69. The molecule has 2 aromatic rings. The fourth-order valence-corrected chi connectivity index (χ4v) is 1.90. The van der Waals surface area contributed by atoms with Crippen molar-refractivity contribution in [3.8, 4) is 5.75 Å². The number of nitrogens with one attached hydrogen (secondary N) is 1. The van der Waals surface area contributed by atoms with Crippen LogP contribution >= 0.6 is 11.6 Å². The van der Waals surface area contributed by atoms with E-state index in [1.54, 1.807) is 4.68 Å². The maximum atomic E-state index is 5.97. The van der Waals surface area contributed by atoms with Crippen molar-refractivity contribution in [2.75, 3.05) is 7.05 Å². The number of ether oxygens (including phenoxy) is 1. The first kappa shape index (κ1) is 12.9. The smallest absolute Gasteiger partial charge is 0.132 e. The average Bonchev–Trinajstić information content (AvgIpc) is 2.75. The lowest BCUT2D eigenvalue weighted by atomic mass is 10.2. The summed E-state index contributed by atoms with van der Waals surface area (Å²) in [5.74, 6) is 0.833. The van der Waals surface area contributed by atoms with Crippen LogP contribution in [0.2, 0.25) is 5.02 Å². The molecule has 0 saturated heterocycles. The fourth-order valence-electron chi connectivity index (χ4n) is 1.71. The molecular formula is C13H16ClN3O. The normalized spacial score (nSPS) is 10.6. The highest BCUT2D eigenvalue weighted by molar-refractivity contribution is 6.30. The number of hydrogen-bond acceptors (Lipinski definition) is 3. The van der Waals surface area contributed by atoms with Crippen LogP contribution in [0.25, 0.3) is 0 Å². The number of aryl methyl sites for hydroxylation is 1. The number of benzene rings is 1. The summed E-state index contributed by atoms with van der Waals surface area (Å²) in [6.07, 6.45) is 1.90. The summed E-state index contributed by atoms with van der Waals surface area (Å²) >= 11 is 5.97. The summed E-state index contributed by atoms with van der Waals surface area (Å²) in [5, 5.41) is 8.08. The van der Waals surface area contributed by atoms with Gasteiger partial charge >= 0.3 is 0 Å². The molecule has 0 amide bonds. The zero-order valence-electron chi connectivity index (χ0n) is 10.5. The van der Waals surface area contributed by atoms with Crippen LogP contribution in [-0.4, -0.2) is 16.8 Å². The minimum absolute atomic E-state index is 0.458. The third-order valence-corrected chi connectivity index (χ3v) is 2.77. The van der Waals surface area contributed by atoms with Gasteiger partial charge in [0.2, 0.25) is 0 Å². The summed E-state index contributed by atoms with van der Waals surface area (Å²) < 4.78 is 7.53. The first-order valence-corrected chi connectivity index (χ1v) is 6.11. The highest BCUT2D eigenvalue weighted by Gasteiger charge is 2.05. The molecule has 0 radical (unpaired) electrons. The summed E-state index contributed by atoms with van der Waals surface area (Å²) in [6.45, 7) is 1.18. The second-order valence-electron chi connectivity index (χ2n) is 4.05. The maximum absolute atomic E-state index is 5.97. The SMILES string of the molecule is CNCc1cc(Cl)ccc1OCc1ccn(C)n1. The van der Waals surface area contributed by atoms with E-state index in [2.05, 4.69) is 10.4 Å². The third-order valence-electron chi connectivity index (χ3n) is 2.53. The molecule has 4 nitrogen and oxygen atoms in total. The molecule has 0 saturated carbocycles. The van der Waals surface area contributed by atoms with E-state index in [1.807, 2.05) is 44.6 Å². The van der Waals surface area contributed by atoms with E-state index in [4.69, 9.17) is 16.3 Å². The van der Waals surface area contributed by atoms with Crippen molar-refractivity contribution < 1.29 is 4.74 Å². The quantitative estimate of drug-likeness (QED) is 0.902. The molecule has 5 heteroatoms. The minimum Gasteiger partial charge on any atom is -0.487 e. The fraction of sp³-hybridized carbons (Fsp3) is 0.308. The van der Waals surface area contributed by atoms with Gasteiger partial charge in [0.15, 0.2) is 0 Å². The second-order valence-corrected chi connectivity index (χ2v) is 4.49. The van der Waals surface area contributed by atoms with E-state index in [-0.39, 0.29) is 0 Å². The van der Waals surface area contributed by atoms with Gasteiger partial charge in [-0.25, -0.2) is 0 Å². The second kappa shape index (κ2) is 5.89. The Bertz CT molecular complexity index is 525. The van der Waals surface area contributed by atoms with Crippen molar-refractivity contribution in [1.29, 1.82) is 0 Å². The molecule has 1 aromatic heterocycles.